The zero-order valence-electron chi connectivity index (χ0n) is 17.7. The third-order valence-electron chi connectivity index (χ3n) is 6.63. The molecule has 6 heteroatoms. The van der Waals surface area contributed by atoms with E-state index in [0.717, 1.165) is 75.4 Å². The van der Waals surface area contributed by atoms with Gasteiger partial charge in [-0.25, -0.2) is 4.98 Å². The summed E-state index contributed by atoms with van der Waals surface area (Å²) in [7, 11) is 0. The fourth-order valence-corrected chi connectivity index (χ4v) is 5.11. The lowest BCUT2D eigenvalue weighted by atomic mass is 9.92. The molecular formula is C25H28ClN3O2. The van der Waals surface area contributed by atoms with Crippen LogP contribution in [0.15, 0.2) is 52.9 Å². The molecule has 0 radical (unpaired) electrons. The number of halogens is 1. The van der Waals surface area contributed by atoms with Crippen LogP contribution in [-0.4, -0.2) is 46.9 Å². The molecule has 5 nitrogen and oxygen atoms in total. The maximum Gasteiger partial charge on any atom is 0.226 e. The summed E-state index contributed by atoms with van der Waals surface area (Å²) in [4.78, 5) is 22.4. The van der Waals surface area contributed by atoms with Crippen molar-refractivity contribution in [3.05, 3.63) is 65.0 Å². The Morgan fingerprint density at radius 1 is 1.06 bits per heavy atom. The van der Waals surface area contributed by atoms with Crippen LogP contribution in [-0.2, 0) is 11.3 Å². The molecular weight excluding hydrogens is 410 g/mol. The molecule has 2 aliphatic heterocycles. The molecule has 2 fully saturated rings. The van der Waals surface area contributed by atoms with Crippen molar-refractivity contribution in [3.8, 4) is 0 Å². The predicted molar refractivity (Wildman–Crippen MR) is 122 cm³/mol. The van der Waals surface area contributed by atoms with Gasteiger partial charge in [0.15, 0.2) is 11.5 Å². The summed E-state index contributed by atoms with van der Waals surface area (Å²) in [6.45, 7) is 4.41. The monoisotopic (exact) mass is 437 g/mol. The first kappa shape index (κ1) is 20.5. The molecule has 0 N–H and O–H groups in total. The van der Waals surface area contributed by atoms with Crippen molar-refractivity contribution in [2.75, 3.05) is 26.2 Å². The zero-order chi connectivity index (χ0) is 21.2. The number of nitrogens with zero attached hydrogens (tertiary/aromatic N) is 3. The van der Waals surface area contributed by atoms with Crippen LogP contribution in [0.4, 0.5) is 0 Å². The van der Waals surface area contributed by atoms with Crippen LogP contribution in [0.3, 0.4) is 0 Å². The molecule has 2 aromatic carbocycles. The molecule has 1 atom stereocenters. The Balaban J connectivity index is 1.17. The van der Waals surface area contributed by atoms with Crippen molar-refractivity contribution < 1.29 is 9.21 Å². The topological polar surface area (TPSA) is 49.6 Å². The molecule has 2 aliphatic rings. The molecule has 3 heterocycles. The van der Waals surface area contributed by atoms with Crippen molar-refractivity contribution in [1.29, 1.82) is 0 Å². The lowest BCUT2D eigenvalue weighted by molar-refractivity contribution is -0.138. The molecule has 3 aromatic rings. The van der Waals surface area contributed by atoms with Gasteiger partial charge in [-0.15, -0.1) is 0 Å². The van der Waals surface area contributed by atoms with E-state index in [4.69, 9.17) is 16.0 Å². The second-order valence-electron chi connectivity index (χ2n) is 8.82. The Morgan fingerprint density at radius 3 is 2.68 bits per heavy atom. The first-order chi connectivity index (χ1) is 15.2. The number of carbonyl (C=O) groups is 1. The summed E-state index contributed by atoms with van der Waals surface area (Å²) >= 11 is 6.07. The minimum Gasteiger partial charge on any atom is -0.440 e. The van der Waals surface area contributed by atoms with Gasteiger partial charge in [-0.3, -0.25) is 9.69 Å². The van der Waals surface area contributed by atoms with Gasteiger partial charge in [0.1, 0.15) is 5.52 Å². The van der Waals surface area contributed by atoms with Gasteiger partial charge >= 0.3 is 0 Å². The van der Waals surface area contributed by atoms with Gasteiger partial charge in [-0.2, -0.15) is 0 Å². The molecule has 0 spiro atoms. The predicted octanol–water partition coefficient (Wildman–Crippen LogP) is 5.10. The van der Waals surface area contributed by atoms with Crippen molar-refractivity contribution >= 4 is 28.6 Å². The summed E-state index contributed by atoms with van der Waals surface area (Å²) in [5.41, 5.74) is 2.90. The van der Waals surface area contributed by atoms with Crippen molar-refractivity contribution in [3.63, 3.8) is 0 Å². The maximum absolute atomic E-state index is 13.2. The largest absolute Gasteiger partial charge is 0.440 e. The average Bonchev–Trinajstić information content (AvgIpc) is 3.23. The van der Waals surface area contributed by atoms with Gasteiger partial charge in [0.2, 0.25) is 5.91 Å². The van der Waals surface area contributed by atoms with E-state index in [-0.39, 0.29) is 11.8 Å². The number of benzene rings is 2. The average molecular weight is 438 g/mol. The highest BCUT2D eigenvalue weighted by atomic mass is 35.5. The molecule has 31 heavy (non-hydrogen) atoms. The summed E-state index contributed by atoms with van der Waals surface area (Å²) in [6, 6.07) is 16.1. The summed E-state index contributed by atoms with van der Waals surface area (Å²) < 4.78 is 5.97. The van der Waals surface area contributed by atoms with Crippen molar-refractivity contribution in [1.82, 2.24) is 14.8 Å². The first-order valence-corrected chi connectivity index (χ1v) is 11.6. The Hall–Kier alpha value is -2.37. The van der Waals surface area contributed by atoms with Crippen LogP contribution in [0.1, 0.15) is 43.1 Å². The van der Waals surface area contributed by atoms with E-state index in [0.29, 0.717) is 10.9 Å². The SMILES string of the molecule is O=C(C1CCCN(Cc2ccccc2)C1)N1CCC(c2nc3cc(Cl)ccc3o2)CC1. The van der Waals surface area contributed by atoms with E-state index in [1.54, 1.807) is 0 Å². The third kappa shape index (κ3) is 4.63. The number of fused-ring (bicyclic) bond motifs is 1. The first-order valence-electron chi connectivity index (χ1n) is 11.3. The lowest BCUT2D eigenvalue weighted by Gasteiger charge is -2.37. The Bertz CT molecular complexity index is 1040. The normalized spacial score (nSPS) is 20.9. The molecule has 1 aromatic heterocycles. The van der Waals surface area contributed by atoms with Crippen LogP contribution in [0.25, 0.3) is 11.1 Å². The van der Waals surface area contributed by atoms with Gasteiger partial charge in [-0.05, 0) is 56.0 Å². The smallest absolute Gasteiger partial charge is 0.226 e. The van der Waals surface area contributed by atoms with E-state index in [2.05, 4.69) is 39.0 Å². The molecule has 2 saturated heterocycles. The quantitative estimate of drug-likeness (QED) is 0.569. The highest BCUT2D eigenvalue weighted by molar-refractivity contribution is 6.31. The minimum atomic E-state index is 0.112. The number of oxazole rings is 1. The number of amides is 1. The molecule has 5 rings (SSSR count). The van der Waals surface area contributed by atoms with Crippen molar-refractivity contribution in [2.24, 2.45) is 5.92 Å². The highest BCUT2D eigenvalue weighted by Gasteiger charge is 2.33. The number of aromatic nitrogens is 1. The van der Waals surface area contributed by atoms with Crippen LogP contribution in [0, 0.1) is 5.92 Å². The van der Waals surface area contributed by atoms with Gasteiger partial charge in [-0.1, -0.05) is 41.9 Å². The third-order valence-corrected chi connectivity index (χ3v) is 6.86. The standard InChI is InChI=1S/C25H28ClN3O2/c26-21-8-9-23-22(15-21)27-24(31-23)19-10-13-29(14-11-19)25(30)20-7-4-12-28(17-20)16-18-5-2-1-3-6-18/h1-3,5-6,8-9,15,19-20H,4,7,10-14,16-17H2. The number of rotatable bonds is 4. The van der Waals surface area contributed by atoms with E-state index in [1.807, 2.05) is 24.3 Å². The zero-order valence-corrected chi connectivity index (χ0v) is 18.4. The minimum absolute atomic E-state index is 0.112. The Labute approximate surface area is 188 Å². The molecule has 162 valence electrons. The number of hydrogen-bond acceptors (Lipinski definition) is 4. The Morgan fingerprint density at radius 2 is 1.87 bits per heavy atom. The van der Waals surface area contributed by atoms with Gasteiger partial charge in [0.05, 0.1) is 5.92 Å². The van der Waals surface area contributed by atoms with Crippen LogP contribution in [0.5, 0.6) is 0 Å². The van der Waals surface area contributed by atoms with Gasteiger partial charge in [0, 0.05) is 37.1 Å². The second-order valence-corrected chi connectivity index (χ2v) is 9.26. The molecule has 1 amide bonds. The fraction of sp³-hybridized carbons (Fsp3) is 0.440. The van der Waals surface area contributed by atoms with Gasteiger partial charge in [0.25, 0.3) is 0 Å². The molecule has 0 bridgehead atoms. The van der Waals surface area contributed by atoms with E-state index >= 15 is 0 Å². The van der Waals surface area contributed by atoms with Crippen LogP contribution in [0.2, 0.25) is 5.02 Å². The molecule has 0 saturated carbocycles. The van der Waals surface area contributed by atoms with E-state index < -0.39 is 0 Å². The van der Waals surface area contributed by atoms with E-state index in [9.17, 15) is 4.79 Å². The Kier molecular flexibility index (Phi) is 5.97. The van der Waals surface area contributed by atoms with Crippen LogP contribution < -0.4 is 0 Å². The highest BCUT2D eigenvalue weighted by Crippen LogP contribution is 2.32. The summed E-state index contributed by atoms with van der Waals surface area (Å²) in [5, 5.41) is 0.668. The van der Waals surface area contributed by atoms with Crippen molar-refractivity contribution in [2.45, 2.75) is 38.1 Å². The fourth-order valence-electron chi connectivity index (χ4n) is 4.94. The molecule has 1 unspecified atom stereocenters. The lowest BCUT2D eigenvalue weighted by Crippen LogP contribution is -2.46. The number of carbonyl (C=O) groups excluding carboxylic acids is 1. The summed E-state index contributed by atoms with van der Waals surface area (Å²) in [6.07, 6.45) is 3.88. The molecule has 0 aliphatic carbocycles. The summed E-state index contributed by atoms with van der Waals surface area (Å²) in [5.74, 6) is 1.47. The number of piperidine rings is 2. The number of likely N-dealkylation sites (tertiary alicyclic amines) is 2. The van der Waals surface area contributed by atoms with Crippen LogP contribution >= 0.6 is 11.6 Å². The maximum atomic E-state index is 13.2. The van der Waals surface area contributed by atoms with E-state index in [1.165, 1.54) is 5.56 Å². The second kappa shape index (κ2) is 9.01. The van der Waals surface area contributed by atoms with Gasteiger partial charge < -0.3 is 9.32 Å². The number of hydrogen-bond donors (Lipinski definition) is 0.